The molecule has 0 radical (unpaired) electrons. The number of hydrogen-bond donors (Lipinski definition) is 0. The highest BCUT2D eigenvalue weighted by Crippen LogP contribution is 2.23. The Bertz CT molecular complexity index is 319. The molecule has 0 aromatic heterocycles. The van der Waals surface area contributed by atoms with Gasteiger partial charge in [-0.1, -0.05) is 27.5 Å². The summed E-state index contributed by atoms with van der Waals surface area (Å²) < 4.78 is 5.28. The molecule has 4 heteroatoms. The number of ether oxygens (including phenoxy) is 1. The lowest BCUT2D eigenvalue weighted by molar-refractivity contribution is 0.336. The van der Waals surface area contributed by atoms with Crippen LogP contribution in [0.15, 0.2) is 18.2 Å². The largest absolute Gasteiger partial charge is 0.496 e. The van der Waals surface area contributed by atoms with E-state index in [2.05, 4.69) is 27.9 Å². The van der Waals surface area contributed by atoms with E-state index in [0.717, 1.165) is 34.8 Å². The second-order valence-corrected chi connectivity index (χ2v) is 4.61. The number of benzene rings is 1. The zero-order chi connectivity index (χ0) is 11.3. The zero-order valence-electron chi connectivity index (χ0n) is 8.96. The summed E-state index contributed by atoms with van der Waals surface area (Å²) >= 11 is 9.37. The highest BCUT2D eigenvalue weighted by Gasteiger charge is 2.06. The minimum absolute atomic E-state index is 0.748. The van der Waals surface area contributed by atoms with Crippen molar-refractivity contribution in [3.63, 3.8) is 0 Å². The predicted molar refractivity (Wildman–Crippen MR) is 68.1 cm³/mol. The van der Waals surface area contributed by atoms with Gasteiger partial charge in [0, 0.05) is 29.0 Å². The van der Waals surface area contributed by atoms with E-state index in [1.54, 1.807) is 7.11 Å². The topological polar surface area (TPSA) is 12.5 Å². The van der Waals surface area contributed by atoms with Crippen molar-refractivity contribution in [3.05, 3.63) is 28.8 Å². The molecule has 0 spiro atoms. The maximum Gasteiger partial charge on any atom is 0.123 e. The maximum atomic E-state index is 5.95. The molecule has 1 aromatic rings. The minimum atomic E-state index is 0.748. The lowest BCUT2D eigenvalue weighted by Gasteiger charge is -2.17. The third-order valence-corrected chi connectivity index (χ3v) is 2.74. The number of nitrogens with zero attached hydrogens (tertiary/aromatic N) is 1. The highest BCUT2D eigenvalue weighted by atomic mass is 79.9. The molecule has 2 nitrogen and oxygen atoms in total. The van der Waals surface area contributed by atoms with E-state index < -0.39 is 0 Å². The number of halogens is 2. The smallest absolute Gasteiger partial charge is 0.123 e. The molecule has 0 aliphatic carbocycles. The first kappa shape index (κ1) is 12.8. The van der Waals surface area contributed by atoms with Crippen molar-refractivity contribution in [1.29, 1.82) is 0 Å². The molecular weight excluding hydrogens is 277 g/mol. The summed E-state index contributed by atoms with van der Waals surface area (Å²) in [6.07, 6.45) is 0. The van der Waals surface area contributed by atoms with Crippen LogP contribution in [0, 0.1) is 0 Å². The van der Waals surface area contributed by atoms with Crippen LogP contribution in [-0.2, 0) is 6.54 Å². The van der Waals surface area contributed by atoms with Crippen LogP contribution in [0.2, 0.25) is 5.02 Å². The standard InChI is InChI=1S/C11H15BrClNO/c1-14(6-5-12)8-9-7-10(13)3-4-11(9)15-2/h3-4,7H,5-6,8H2,1-2H3. The van der Waals surface area contributed by atoms with Crippen molar-refractivity contribution >= 4 is 27.5 Å². The van der Waals surface area contributed by atoms with E-state index >= 15 is 0 Å². The fourth-order valence-electron chi connectivity index (χ4n) is 1.38. The molecule has 0 unspecified atom stereocenters. The van der Waals surface area contributed by atoms with Gasteiger partial charge in [-0.3, -0.25) is 0 Å². The van der Waals surface area contributed by atoms with E-state index in [4.69, 9.17) is 16.3 Å². The highest BCUT2D eigenvalue weighted by molar-refractivity contribution is 9.09. The van der Waals surface area contributed by atoms with Crippen LogP contribution in [0.25, 0.3) is 0 Å². The molecule has 1 rings (SSSR count). The van der Waals surface area contributed by atoms with Crippen molar-refractivity contribution < 1.29 is 4.74 Å². The van der Waals surface area contributed by atoms with Crippen LogP contribution in [0.5, 0.6) is 5.75 Å². The third kappa shape index (κ3) is 4.01. The molecule has 0 saturated heterocycles. The number of methoxy groups -OCH3 is 1. The average molecular weight is 293 g/mol. The minimum Gasteiger partial charge on any atom is -0.496 e. The van der Waals surface area contributed by atoms with Gasteiger partial charge in [0.2, 0.25) is 0 Å². The maximum absolute atomic E-state index is 5.95. The van der Waals surface area contributed by atoms with Crippen LogP contribution in [-0.4, -0.2) is 30.9 Å². The normalized spacial score (nSPS) is 10.7. The number of alkyl halides is 1. The molecular formula is C11H15BrClNO. The predicted octanol–water partition coefficient (Wildman–Crippen LogP) is 3.18. The van der Waals surface area contributed by atoms with E-state index in [1.807, 2.05) is 18.2 Å². The van der Waals surface area contributed by atoms with Gasteiger partial charge in [-0.15, -0.1) is 0 Å². The quantitative estimate of drug-likeness (QED) is 0.773. The van der Waals surface area contributed by atoms with Gasteiger partial charge in [-0.05, 0) is 25.2 Å². The number of hydrogen-bond acceptors (Lipinski definition) is 2. The third-order valence-electron chi connectivity index (χ3n) is 2.15. The summed E-state index contributed by atoms with van der Waals surface area (Å²) in [4.78, 5) is 2.21. The van der Waals surface area contributed by atoms with Crippen LogP contribution in [0.4, 0.5) is 0 Å². The monoisotopic (exact) mass is 291 g/mol. The van der Waals surface area contributed by atoms with Gasteiger partial charge in [0.15, 0.2) is 0 Å². The van der Waals surface area contributed by atoms with Crippen molar-refractivity contribution in [1.82, 2.24) is 4.90 Å². The van der Waals surface area contributed by atoms with Gasteiger partial charge < -0.3 is 9.64 Å². The number of rotatable bonds is 5. The lowest BCUT2D eigenvalue weighted by Crippen LogP contribution is -2.20. The first-order chi connectivity index (χ1) is 7.17. The van der Waals surface area contributed by atoms with Crippen LogP contribution in [0.3, 0.4) is 0 Å². The Hall–Kier alpha value is -0.250. The molecule has 0 aliphatic rings. The first-order valence-corrected chi connectivity index (χ1v) is 6.24. The van der Waals surface area contributed by atoms with Gasteiger partial charge in [-0.2, -0.15) is 0 Å². The molecule has 0 aliphatic heterocycles. The van der Waals surface area contributed by atoms with E-state index in [1.165, 1.54) is 0 Å². The Labute approximate surface area is 104 Å². The van der Waals surface area contributed by atoms with Crippen LogP contribution in [0.1, 0.15) is 5.56 Å². The molecule has 0 atom stereocenters. The fourth-order valence-corrected chi connectivity index (χ4v) is 2.18. The summed E-state index contributed by atoms with van der Waals surface area (Å²) in [5, 5.41) is 1.71. The van der Waals surface area contributed by atoms with E-state index in [0.29, 0.717) is 0 Å². The Morgan fingerprint density at radius 1 is 1.47 bits per heavy atom. The van der Waals surface area contributed by atoms with Gasteiger partial charge in [0.1, 0.15) is 5.75 Å². The second kappa shape index (κ2) is 6.36. The summed E-state index contributed by atoms with van der Waals surface area (Å²) in [5.41, 5.74) is 1.12. The fraction of sp³-hybridized carbons (Fsp3) is 0.455. The Kier molecular flexibility index (Phi) is 5.43. The molecule has 15 heavy (non-hydrogen) atoms. The van der Waals surface area contributed by atoms with E-state index in [9.17, 15) is 0 Å². The van der Waals surface area contributed by atoms with Crippen LogP contribution < -0.4 is 4.74 Å². The lowest BCUT2D eigenvalue weighted by atomic mass is 10.2. The average Bonchev–Trinajstić information content (AvgIpc) is 2.18. The van der Waals surface area contributed by atoms with Gasteiger partial charge in [0.05, 0.1) is 7.11 Å². The van der Waals surface area contributed by atoms with Crippen molar-refractivity contribution in [2.75, 3.05) is 26.0 Å². The van der Waals surface area contributed by atoms with Gasteiger partial charge >= 0.3 is 0 Å². The summed E-state index contributed by atoms with van der Waals surface area (Å²) in [6, 6.07) is 5.69. The van der Waals surface area contributed by atoms with Crippen molar-refractivity contribution in [2.45, 2.75) is 6.54 Å². The molecule has 0 amide bonds. The molecule has 84 valence electrons. The zero-order valence-corrected chi connectivity index (χ0v) is 11.3. The molecule has 0 heterocycles. The summed E-state index contributed by atoms with van der Waals surface area (Å²) in [6.45, 7) is 1.84. The van der Waals surface area contributed by atoms with Gasteiger partial charge in [0.25, 0.3) is 0 Å². The van der Waals surface area contributed by atoms with Crippen molar-refractivity contribution in [3.8, 4) is 5.75 Å². The first-order valence-electron chi connectivity index (χ1n) is 4.74. The molecule has 0 N–H and O–H groups in total. The molecule has 0 saturated carbocycles. The summed E-state index contributed by atoms with van der Waals surface area (Å²) in [7, 11) is 3.75. The molecule has 1 aromatic carbocycles. The van der Waals surface area contributed by atoms with Crippen LogP contribution >= 0.6 is 27.5 Å². The Morgan fingerprint density at radius 2 is 2.20 bits per heavy atom. The second-order valence-electron chi connectivity index (χ2n) is 3.38. The SMILES string of the molecule is COc1ccc(Cl)cc1CN(C)CCBr. The van der Waals surface area contributed by atoms with Crippen molar-refractivity contribution in [2.24, 2.45) is 0 Å². The van der Waals surface area contributed by atoms with Gasteiger partial charge in [-0.25, -0.2) is 0 Å². The molecule has 0 fully saturated rings. The molecule has 0 bridgehead atoms. The Morgan fingerprint density at radius 3 is 2.80 bits per heavy atom. The Balaban J connectivity index is 2.77. The summed E-state index contributed by atoms with van der Waals surface area (Å²) in [5.74, 6) is 0.890. The van der Waals surface area contributed by atoms with E-state index in [-0.39, 0.29) is 0 Å².